The van der Waals surface area contributed by atoms with E-state index in [2.05, 4.69) is 10.5 Å². The predicted octanol–water partition coefficient (Wildman–Crippen LogP) is 4.21. The zero-order valence-corrected chi connectivity index (χ0v) is 18.1. The summed E-state index contributed by atoms with van der Waals surface area (Å²) in [5.74, 6) is -0.238. The summed E-state index contributed by atoms with van der Waals surface area (Å²) in [6, 6.07) is 21.8. The normalized spacial score (nSPS) is 14.4. The summed E-state index contributed by atoms with van der Waals surface area (Å²) in [5.41, 5.74) is 2.83. The van der Waals surface area contributed by atoms with Gasteiger partial charge in [-0.2, -0.15) is 0 Å². The van der Waals surface area contributed by atoms with Crippen LogP contribution in [0.15, 0.2) is 71.3 Å². The lowest BCUT2D eigenvalue weighted by Gasteiger charge is -2.31. The molecular formula is C25H27N3O4. The lowest BCUT2D eigenvalue weighted by molar-refractivity contribution is 0.0834. The Labute approximate surface area is 187 Å². The Kier molecular flexibility index (Phi) is 6.84. The van der Waals surface area contributed by atoms with Crippen molar-refractivity contribution in [3.05, 3.63) is 89.3 Å². The molecule has 7 heteroatoms. The number of benzene rings is 2. The number of aromatic nitrogens is 1. The fourth-order valence-corrected chi connectivity index (χ4v) is 4.03. The highest BCUT2D eigenvalue weighted by atomic mass is 16.6. The van der Waals surface area contributed by atoms with Crippen molar-refractivity contribution >= 4 is 12.0 Å². The third-order valence-electron chi connectivity index (χ3n) is 5.67. The average Bonchev–Trinajstić information content (AvgIpc) is 3.31. The summed E-state index contributed by atoms with van der Waals surface area (Å²) < 4.78 is 10.5. The first-order valence-corrected chi connectivity index (χ1v) is 10.9. The molecule has 0 saturated carbocycles. The number of carbonyl (C=O) groups is 2. The molecular weight excluding hydrogens is 406 g/mol. The summed E-state index contributed by atoms with van der Waals surface area (Å²) in [7, 11) is 0. The van der Waals surface area contributed by atoms with Gasteiger partial charge in [0.15, 0.2) is 0 Å². The van der Waals surface area contributed by atoms with Crippen LogP contribution in [-0.2, 0) is 4.74 Å². The third-order valence-corrected chi connectivity index (χ3v) is 5.67. The van der Waals surface area contributed by atoms with Gasteiger partial charge < -0.3 is 19.5 Å². The van der Waals surface area contributed by atoms with E-state index in [1.165, 1.54) is 0 Å². The molecule has 32 heavy (non-hydrogen) atoms. The van der Waals surface area contributed by atoms with E-state index >= 15 is 0 Å². The van der Waals surface area contributed by atoms with Crippen molar-refractivity contribution < 1.29 is 18.8 Å². The monoisotopic (exact) mass is 433 g/mol. The van der Waals surface area contributed by atoms with Gasteiger partial charge >= 0.3 is 6.09 Å². The Hall–Kier alpha value is -3.61. The summed E-state index contributed by atoms with van der Waals surface area (Å²) in [6.45, 7) is 3.25. The third kappa shape index (κ3) is 4.99. The van der Waals surface area contributed by atoms with Gasteiger partial charge in [-0.25, -0.2) is 4.79 Å². The van der Waals surface area contributed by atoms with Crippen LogP contribution in [0, 0.1) is 0 Å². The maximum Gasteiger partial charge on any atom is 0.409 e. The molecule has 4 rings (SSSR count). The van der Waals surface area contributed by atoms with Crippen LogP contribution in [0.1, 0.15) is 53.1 Å². The fourth-order valence-electron chi connectivity index (χ4n) is 4.03. The van der Waals surface area contributed by atoms with Gasteiger partial charge in [0, 0.05) is 25.2 Å². The Morgan fingerprint density at radius 3 is 2.22 bits per heavy atom. The van der Waals surface area contributed by atoms with Crippen LogP contribution in [0.25, 0.3) is 0 Å². The number of nitrogens with one attached hydrogen (secondary N) is 1. The number of likely N-dealkylation sites (tertiary alicyclic amines) is 1. The highest BCUT2D eigenvalue weighted by Gasteiger charge is 2.27. The second kappa shape index (κ2) is 10.1. The first kappa shape index (κ1) is 21.6. The maximum absolute atomic E-state index is 12.8. The quantitative estimate of drug-likeness (QED) is 0.630. The minimum Gasteiger partial charge on any atom is -0.450 e. The van der Waals surface area contributed by atoms with Crippen molar-refractivity contribution in [3.63, 3.8) is 0 Å². The van der Waals surface area contributed by atoms with Gasteiger partial charge in [0.05, 0.1) is 18.2 Å². The lowest BCUT2D eigenvalue weighted by atomic mass is 9.88. The van der Waals surface area contributed by atoms with Crippen LogP contribution in [0.3, 0.4) is 0 Å². The van der Waals surface area contributed by atoms with Crippen LogP contribution in [0.5, 0.6) is 0 Å². The molecule has 2 aromatic carbocycles. The fraction of sp³-hybridized carbons (Fsp3) is 0.320. The highest BCUT2D eigenvalue weighted by molar-refractivity contribution is 5.91. The molecule has 1 aliphatic rings. The number of ether oxygens (including phenoxy) is 1. The van der Waals surface area contributed by atoms with E-state index in [1.807, 2.05) is 60.7 Å². The van der Waals surface area contributed by atoms with Gasteiger partial charge in [0.25, 0.3) is 5.91 Å². The van der Waals surface area contributed by atoms with Gasteiger partial charge in [-0.05, 0) is 30.9 Å². The maximum atomic E-state index is 12.8. The van der Waals surface area contributed by atoms with Crippen LogP contribution < -0.4 is 5.32 Å². The molecule has 2 heterocycles. The van der Waals surface area contributed by atoms with Crippen LogP contribution in [0.4, 0.5) is 4.79 Å². The van der Waals surface area contributed by atoms with Crippen molar-refractivity contribution in [2.24, 2.45) is 0 Å². The molecule has 0 atom stereocenters. The van der Waals surface area contributed by atoms with E-state index in [-0.39, 0.29) is 29.7 Å². The molecule has 1 N–H and O–H groups in total. The summed E-state index contributed by atoms with van der Waals surface area (Å²) >= 11 is 0. The van der Waals surface area contributed by atoms with Gasteiger partial charge in [-0.15, -0.1) is 0 Å². The van der Waals surface area contributed by atoms with Gasteiger partial charge in [0.2, 0.25) is 5.76 Å². The Bertz CT molecular complexity index is 988. The Morgan fingerprint density at radius 1 is 1.06 bits per heavy atom. The molecule has 2 amide bonds. The van der Waals surface area contributed by atoms with Crippen LogP contribution in [-0.4, -0.2) is 47.8 Å². The molecule has 1 saturated heterocycles. The zero-order chi connectivity index (χ0) is 22.3. The smallest absolute Gasteiger partial charge is 0.409 e. The molecule has 1 aromatic heterocycles. The van der Waals surface area contributed by atoms with Crippen LogP contribution in [0.2, 0.25) is 0 Å². The van der Waals surface area contributed by atoms with Crippen molar-refractivity contribution in [1.82, 2.24) is 15.4 Å². The van der Waals surface area contributed by atoms with Gasteiger partial charge in [0.1, 0.15) is 0 Å². The van der Waals surface area contributed by atoms with E-state index in [0.29, 0.717) is 38.2 Å². The zero-order valence-electron chi connectivity index (χ0n) is 18.1. The van der Waals surface area contributed by atoms with Gasteiger partial charge in [-0.1, -0.05) is 65.8 Å². The molecule has 0 spiro atoms. The predicted molar refractivity (Wildman–Crippen MR) is 119 cm³/mol. The number of hydrogen-bond acceptors (Lipinski definition) is 5. The first-order valence-electron chi connectivity index (χ1n) is 10.9. The number of rotatable bonds is 6. The van der Waals surface area contributed by atoms with Crippen molar-refractivity contribution in [2.75, 3.05) is 19.7 Å². The highest BCUT2D eigenvalue weighted by Crippen LogP contribution is 2.31. The van der Waals surface area contributed by atoms with Crippen LogP contribution >= 0.6 is 0 Å². The summed E-state index contributed by atoms with van der Waals surface area (Å²) in [5, 5.41) is 7.24. The lowest BCUT2D eigenvalue weighted by Crippen LogP contribution is -2.46. The largest absolute Gasteiger partial charge is 0.450 e. The number of carbonyl (C=O) groups excluding carboxylic acids is 2. The van der Waals surface area contributed by atoms with Crippen molar-refractivity contribution in [2.45, 2.75) is 31.7 Å². The van der Waals surface area contributed by atoms with Crippen molar-refractivity contribution in [1.29, 1.82) is 0 Å². The number of hydrogen-bond donors (Lipinski definition) is 1. The number of piperidine rings is 1. The number of nitrogens with zero attached hydrogens (tertiary/aromatic N) is 2. The van der Waals surface area contributed by atoms with Crippen molar-refractivity contribution in [3.8, 4) is 0 Å². The molecule has 3 aromatic rings. The second-order valence-electron chi connectivity index (χ2n) is 7.80. The van der Waals surface area contributed by atoms with Gasteiger partial charge in [-0.3, -0.25) is 4.79 Å². The molecule has 7 nitrogen and oxygen atoms in total. The second-order valence-corrected chi connectivity index (χ2v) is 7.80. The van der Waals surface area contributed by atoms with E-state index < -0.39 is 0 Å². The molecule has 0 bridgehead atoms. The Balaban J connectivity index is 1.44. The number of amides is 2. The molecule has 1 fully saturated rings. The van der Waals surface area contributed by atoms with E-state index in [4.69, 9.17) is 9.26 Å². The van der Waals surface area contributed by atoms with E-state index in [0.717, 1.165) is 11.1 Å². The molecule has 166 valence electrons. The summed E-state index contributed by atoms with van der Waals surface area (Å²) in [4.78, 5) is 26.3. The minimum atomic E-state index is -0.301. The molecule has 0 aliphatic carbocycles. The minimum absolute atomic E-state index is 0.0271. The first-order chi connectivity index (χ1) is 15.7. The topological polar surface area (TPSA) is 84.7 Å². The molecule has 0 unspecified atom stereocenters. The van der Waals surface area contributed by atoms with E-state index in [9.17, 15) is 9.59 Å². The SMILES string of the molecule is CCOC(=O)N1CCC(NC(=O)c2cc(C(c3ccccc3)c3ccccc3)no2)CC1. The van der Waals surface area contributed by atoms with E-state index in [1.54, 1.807) is 17.9 Å². The Morgan fingerprint density at radius 2 is 1.66 bits per heavy atom. The standard InChI is InChI=1S/C25H27N3O4/c1-2-31-25(30)28-15-13-20(14-16-28)26-24(29)22-17-21(27-32-22)23(18-9-5-3-6-10-18)19-11-7-4-8-12-19/h3-12,17,20,23H,2,13-16H2,1H3,(H,26,29). The molecule has 0 radical (unpaired) electrons. The summed E-state index contributed by atoms with van der Waals surface area (Å²) in [6.07, 6.45) is 1.04. The molecule has 1 aliphatic heterocycles. The average molecular weight is 434 g/mol.